The predicted octanol–water partition coefficient (Wildman–Crippen LogP) is 5.30. The first kappa shape index (κ1) is 15.8. The molecular formula is C16H16BrF2NO. The zero-order valence-electron chi connectivity index (χ0n) is 11.8. The van der Waals surface area contributed by atoms with Crippen molar-refractivity contribution in [1.29, 1.82) is 0 Å². The minimum Gasteiger partial charge on any atom is -0.491 e. The van der Waals surface area contributed by atoms with Crippen LogP contribution in [0.3, 0.4) is 0 Å². The third kappa shape index (κ3) is 3.94. The Morgan fingerprint density at radius 3 is 2.52 bits per heavy atom. The second-order valence-electron chi connectivity index (χ2n) is 4.61. The lowest BCUT2D eigenvalue weighted by atomic mass is 10.1. The first-order chi connectivity index (χ1) is 10.0. The van der Waals surface area contributed by atoms with Crippen molar-refractivity contribution >= 4 is 21.6 Å². The Labute approximate surface area is 131 Å². The Kier molecular flexibility index (Phi) is 5.17. The van der Waals surface area contributed by atoms with E-state index < -0.39 is 5.82 Å². The fourth-order valence-corrected chi connectivity index (χ4v) is 2.38. The van der Waals surface area contributed by atoms with E-state index in [-0.39, 0.29) is 17.6 Å². The first-order valence-corrected chi connectivity index (χ1v) is 7.44. The molecule has 0 aliphatic heterocycles. The van der Waals surface area contributed by atoms with Crippen molar-refractivity contribution in [1.82, 2.24) is 0 Å². The van der Waals surface area contributed by atoms with E-state index in [0.717, 1.165) is 0 Å². The maximum atomic E-state index is 13.9. The van der Waals surface area contributed by atoms with E-state index in [1.165, 1.54) is 12.1 Å². The van der Waals surface area contributed by atoms with Gasteiger partial charge in [-0.2, -0.15) is 0 Å². The fourth-order valence-electron chi connectivity index (χ4n) is 2.04. The molecular weight excluding hydrogens is 340 g/mol. The molecule has 21 heavy (non-hydrogen) atoms. The molecule has 0 aliphatic rings. The van der Waals surface area contributed by atoms with Crippen molar-refractivity contribution in [3.8, 4) is 5.75 Å². The van der Waals surface area contributed by atoms with Gasteiger partial charge in [0.05, 0.1) is 12.6 Å². The summed E-state index contributed by atoms with van der Waals surface area (Å²) in [7, 11) is 0. The van der Waals surface area contributed by atoms with E-state index in [4.69, 9.17) is 4.74 Å². The van der Waals surface area contributed by atoms with Crippen LogP contribution < -0.4 is 10.1 Å². The minimum absolute atomic E-state index is 0.213. The fraction of sp³-hybridized carbons (Fsp3) is 0.250. The van der Waals surface area contributed by atoms with Crippen LogP contribution in [0.25, 0.3) is 0 Å². The third-order valence-corrected chi connectivity index (χ3v) is 3.54. The summed E-state index contributed by atoms with van der Waals surface area (Å²) in [6, 6.07) is 9.21. The number of anilines is 1. The van der Waals surface area contributed by atoms with Gasteiger partial charge in [-0.3, -0.25) is 0 Å². The Bertz CT molecular complexity index is 634. The number of ether oxygens (including phenoxy) is 1. The van der Waals surface area contributed by atoms with E-state index in [0.29, 0.717) is 22.3 Å². The highest BCUT2D eigenvalue weighted by molar-refractivity contribution is 9.10. The number of hydrogen-bond donors (Lipinski definition) is 1. The predicted molar refractivity (Wildman–Crippen MR) is 83.7 cm³/mol. The molecule has 0 aromatic heterocycles. The molecule has 2 aromatic rings. The van der Waals surface area contributed by atoms with E-state index in [9.17, 15) is 8.78 Å². The van der Waals surface area contributed by atoms with E-state index >= 15 is 0 Å². The molecule has 0 bridgehead atoms. The quantitative estimate of drug-likeness (QED) is 0.785. The summed E-state index contributed by atoms with van der Waals surface area (Å²) in [6.07, 6.45) is 0. The van der Waals surface area contributed by atoms with Crippen molar-refractivity contribution < 1.29 is 13.5 Å². The molecule has 112 valence electrons. The van der Waals surface area contributed by atoms with Gasteiger partial charge in [-0.15, -0.1) is 0 Å². The molecule has 2 rings (SSSR count). The van der Waals surface area contributed by atoms with Gasteiger partial charge in [0.25, 0.3) is 0 Å². The van der Waals surface area contributed by atoms with Crippen molar-refractivity contribution in [2.75, 3.05) is 11.9 Å². The van der Waals surface area contributed by atoms with E-state index in [1.807, 2.05) is 6.92 Å². The summed E-state index contributed by atoms with van der Waals surface area (Å²) in [5.74, 6) is -0.536. The lowest BCUT2D eigenvalue weighted by Gasteiger charge is -2.17. The van der Waals surface area contributed by atoms with Crippen LogP contribution in [0.4, 0.5) is 14.5 Å². The average Bonchev–Trinajstić information content (AvgIpc) is 2.41. The van der Waals surface area contributed by atoms with Gasteiger partial charge in [-0.25, -0.2) is 8.78 Å². The molecule has 0 heterocycles. The number of hydrogen-bond acceptors (Lipinski definition) is 2. The van der Waals surface area contributed by atoms with Crippen LogP contribution in [0.5, 0.6) is 5.75 Å². The largest absolute Gasteiger partial charge is 0.491 e. The van der Waals surface area contributed by atoms with E-state index in [1.54, 1.807) is 31.2 Å². The van der Waals surface area contributed by atoms with Crippen LogP contribution in [-0.4, -0.2) is 6.61 Å². The highest BCUT2D eigenvalue weighted by atomic mass is 79.9. The van der Waals surface area contributed by atoms with Crippen molar-refractivity contribution in [3.05, 3.63) is 58.1 Å². The van der Waals surface area contributed by atoms with Crippen LogP contribution in [-0.2, 0) is 0 Å². The van der Waals surface area contributed by atoms with Crippen LogP contribution in [0.15, 0.2) is 40.9 Å². The number of halogens is 3. The van der Waals surface area contributed by atoms with Crippen LogP contribution >= 0.6 is 15.9 Å². The second-order valence-corrected chi connectivity index (χ2v) is 5.53. The second kappa shape index (κ2) is 6.89. The zero-order valence-corrected chi connectivity index (χ0v) is 13.4. The summed E-state index contributed by atoms with van der Waals surface area (Å²) < 4.78 is 33.5. The monoisotopic (exact) mass is 355 g/mol. The molecule has 0 radical (unpaired) electrons. The van der Waals surface area contributed by atoms with Gasteiger partial charge in [0, 0.05) is 21.8 Å². The van der Waals surface area contributed by atoms with Gasteiger partial charge in [0.15, 0.2) is 11.6 Å². The van der Waals surface area contributed by atoms with Crippen LogP contribution in [0.2, 0.25) is 0 Å². The summed E-state index contributed by atoms with van der Waals surface area (Å²) in [5, 5.41) is 3.08. The maximum Gasteiger partial charge on any atom is 0.167 e. The number of rotatable bonds is 5. The van der Waals surface area contributed by atoms with Gasteiger partial charge in [-0.1, -0.05) is 22.0 Å². The van der Waals surface area contributed by atoms with Crippen molar-refractivity contribution in [2.24, 2.45) is 0 Å². The smallest absolute Gasteiger partial charge is 0.167 e. The van der Waals surface area contributed by atoms with Crippen LogP contribution in [0.1, 0.15) is 25.5 Å². The molecule has 1 N–H and O–H groups in total. The average molecular weight is 356 g/mol. The normalized spacial score (nSPS) is 12.0. The topological polar surface area (TPSA) is 21.3 Å². The Balaban J connectivity index is 2.15. The zero-order chi connectivity index (χ0) is 15.4. The molecule has 2 nitrogen and oxygen atoms in total. The highest BCUT2D eigenvalue weighted by Crippen LogP contribution is 2.26. The maximum absolute atomic E-state index is 13.9. The van der Waals surface area contributed by atoms with Gasteiger partial charge < -0.3 is 10.1 Å². The lowest BCUT2D eigenvalue weighted by molar-refractivity contribution is 0.321. The Morgan fingerprint density at radius 1 is 1.14 bits per heavy atom. The Hall–Kier alpha value is -1.62. The van der Waals surface area contributed by atoms with Gasteiger partial charge in [-0.05, 0) is 38.1 Å². The van der Waals surface area contributed by atoms with Crippen molar-refractivity contribution in [2.45, 2.75) is 19.9 Å². The SMILES string of the molecule is CCOc1ccc(NC(C)c2ccc(Br)cc2F)cc1F. The molecule has 0 amide bonds. The highest BCUT2D eigenvalue weighted by Gasteiger charge is 2.12. The summed E-state index contributed by atoms with van der Waals surface area (Å²) >= 11 is 3.22. The van der Waals surface area contributed by atoms with Gasteiger partial charge in [0.1, 0.15) is 5.82 Å². The molecule has 1 unspecified atom stereocenters. The molecule has 2 aromatic carbocycles. The third-order valence-electron chi connectivity index (χ3n) is 3.04. The number of nitrogens with one attached hydrogen (secondary N) is 1. The van der Waals surface area contributed by atoms with Crippen LogP contribution in [0, 0.1) is 11.6 Å². The summed E-state index contributed by atoms with van der Waals surface area (Å²) in [6.45, 7) is 4.02. The summed E-state index contributed by atoms with van der Waals surface area (Å²) in [4.78, 5) is 0. The van der Waals surface area contributed by atoms with Gasteiger partial charge in [0.2, 0.25) is 0 Å². The van der Waals surface area contributed by atoms with E-state index in [2.05, 4.69) is 21.2 Å². The first-order valence-electron chi connectivity index (χ1n) is 6.65. The molecule has 0 saturated carbocycles. The minimum atomic E-state index is -0.440. The molecule has 0 fully saturated rings. The standard InChI is InChI=1S/C16H16BrF2NO/c1-3-21-16-7-5-12(9-15(16)19)20-10(2)13-6-4-11(17)8-14(13)18/h4-10,20H,3H2,1-2H3. The Morgan fingerprint density at radius 2 is 1.90 bits per heavy atom. The number of benzene rings is 2. The molecule has 0 saturated heterocycles. The molecule has 5 heteroatoms. The molecule has 0 aliphatic carbocycles. The summed E-state index contributed by atoms with van der Waals surface area (Å²) in [5.41, 5.74) is 1.10. The molecule has 0 spiro atoms. The van der Waals surface area contributed by atoms with Crippen molar-refractivity contribution in [3.63, 3.8) is 0 Å². The van der Waals surface area contributed by atoms with Gasteiger partial charge >= 0.3 is 0 Å². The lowest BCUT2D eigenvalue weighted by Crippen LogP contribution is -2.09. The molecule has 1 atom stereocenters.